The summed E-state index contributed by atoms with van der Waals surface area (Å²) in [5.74, 6) is 2.12. The van der Waals surface area contributed by atoms with Crippen LogP contribution in [0.25, 0.3) is 0 Å². The summed E-state index contributed by atoms with van der Waals surface area (Å²) in [5.41, 5.74) is 7.51. The molecule has 0 amide bonds. The molecule has 24 heavy (non-hydrogen) atoms. The first kappa shape index (κ1) is 17.8. The van der Waals surface area contributed by atoms with Gasteiger partial charge in [0.15, 0.2) is 11.6 Å². The molecule has 2 aromatic rings. The molecule has 2 aromatic heterocycles. The van der Waals surface area contributed by atoms with Gasteiger partial charge in [0.2, 0.25) is 5.95 Å². The SMILES string of the molecule is CCCCNc1nc(N)ncc1OCc1nccc(CC)c1OC. The number of methoxy groups -OCH3 is 1. The van der Waals surface area contributed by atoms with Gasteiger partial charge >= 0.3 is 0 Å². The summed E-state index contributed by atoms with van der Waals surface area (Å²) in [7, 11) is 1.64. The maximum Gasteiger partial charge on any atom is 0.222 e. The van der Waals surface area contributed by atoms with E-state index in [1.165, 1.54) is 0 Å². The summed E-state index contributed by atoms with van der Waals surface area (Å²) in [5, 5.41) is 3.23. The molecule has 130 valence electrons. The van der Waals surface area contributed by atoms with E-state index in [4.69, 9.17) is 15.2 Å². The van der Waals surface area contributed by atoms with Crippen molar-refractivity contribution >= 4 is 11.8 Å². The van der Waals surface area contributed by atoms with Gasteiger partial charge in [-0.3, -0.25) is 4.98 Å². The Labute approximate surface area is 142 Å². The predicted molar refractivity (Wildman–Crippen MR) is 94.3 cm³/mol. The molecular weight excluding hydrogens is 306 g/mol. The van der Waals surface area contributed by atoms with E-state index < -0.39 is 0 Å². The molecule has 0 radical (unpaired) electrons. The lowest BCUT2D eigenvalue weighted by Crippen LogP contribution is -2.09. The Kier molecular flexibility index (Phi) is 6.60. The zero-order chi connectivity index (χ0) is 17.4. The molecule has 0 saturated heterocycles. The molecule has 0 fully saturated rings. The first-order valence-corrected chi connectivity index (χ1v) is 8.19. The largest absolute Gasteiger partial charge is 0.494 e. The van der Waals surface area contributed by atoms with Gasteiger partial charge < -0.3 is 20.5 Å². The van der Waals surface area contributed by atoms with Gasteiger partial charge in [-0.2, -0.15) is 4.98 Å². The summed E-state index contributed by atoms with van der Waals surface area (Å²) in [6.07, 6.45) is 6.34. The molecular formula is C17H25N5O2. The Bertz CT molecular complexity index is 663. The molecule has 0 aliphatic heterocycles. The number of pyridine rings is 1. The Hall–Kier alpha value is -2.57. The summed E-state index contributed by atoms with van der Waals surface area (Å²) >= 11 is 0. The fourth-order valence-corrected chi connectivity index (χ4v) is 2.31. The molecule has 0 aliphatic rings. The Morgan fingerprint density at radius 1 is 1.25 bits per heavy atom. The van der Waals surface area contributed by atoms with Crippen LogP contribution >= 0.6 is 0 Å². The Morgan fingerprint density at radius 2 is 2.08 bits per heavy atom. The molecule has 0 aromatic carbocycles. The van der Waals surface area contributed by atoms with Gasteiger partial charge in [-0.05, 0) is 24.5 Å². The van der Waals surface area contributed by atoms with Crippen molar-refractivity contribution in [3.05, 3.63) is 29.7 Å². The number of aryl methyl sites for hydroxylation is 1. The number of unbranched alkanes of at least 4 members (excludes halogenated alkanes) is 1. The van der Waals surface area contributed by atoms with Crippen molar-refractivity contribution in [1.29, 1.82) is 0 Å². The third kappa shape index (κ3) is 4.47. The highest BCUT2D eigenvalue weighted by molar-refractivity contribution is 5.51. The number of aromatic nitrogens is 3. The highest BCUT2D eigenvalue weighted by atomic mass is 16.5. The van der Waals surface area contributed by atoms with Gasteiger partial charge in [0.1, 0.15) is 18.1 Å². The van der Waals surface area contributed by atoms with Crippen LogP contribution in [0.4, 0.5) is 11.8 Å². The normalized spacial score (nSPS) is 10.5. The summed E-state index contributed by atoms with van der Waals surface area (Å²) < 4.78 is 11.3. The first-order valence-electron chi connectivity index (χ1n) is 8.19. The van der Waals surface area contributed by atoms with Gasteiger partial charge in [-0.1, -0.05) is 20.3 Å². The van der Waals surface area contributed by atoms with E-state index in [1.807, 2.05) is 6.07 Å². The molecule has 0 atom stereocenters. The van der Waals surface area contributed by atoms with Gasteiger partial charge in [0.05, 0.1) is 13.3 Å². The number of rotatable bonds is 9. The maximum atomic E-state index is 5.87. The number of hydrogen-bond acceptors (Lipinski definition) is 7. The van der Waals surface area contributed by atoms with Crippen molar-refractivity contribution in [2.24, 2.45) is 0 Å². The molecule has 0 aliphatic carbocycles. The lowest BCUT2D eigenvalue weighted by atomic mass is 10.1. The fourth-order valence-electron chi connectivity index (χ4n) is 2.31. The molecule has 0 spiro atoms. The zero-order valence-corrected chi connectivity index (χ0v) is 14.5. The quantitative estimate of drug-likeness (QED) is 0.682. The maximum absolute atomic E-state index is 5.87. The van der Waals surface area contributed by atoms with Gasteiger partial charge in [0, 0.05) is 12.7 Å². The number of hydrogen-bond donors (Lipinski definition) is 2. The molecule has 7 heteroatoms. The van der Waals surface area contributed by atoms with E-state index in [2.05, 4.69) is 34.1 Å². The van der Waals surface area contributed by atoms with Crippen LogP contribution in [0.1, 0.15) is 37.9 Å². The van der Waals surface area contributed by atoms with Gasteiger partial charge in [-0.15, -0.1) is 0 Å². The molecule has 0 saturated carbocycles. The fraction of sp³-hybridized carbons (Fsp3) is 0.471. The van der Waals surface area contributed by atoms with Crippen LogP contribution in [0, 0.1) is 0 Å². The minimum Gasteiger partial charge on any atom is -0.494 e. The van der Waals surface area contributed by atoms with Crippen molar-refractivity contribution in [1.82, 2.24) is 15.0 Å². The Morgan fingerprint density at radius 3 is 2.79 bits per heavy atom. The van der Waals surface area contributed by atoms with Gasteiger partial charge in [0.25, 0.3) is 0 Å². The summed E-state index contributed by atoms with van der Waals surface area (Å²) in [6.45, 7) is 5.28. The summed E-state index contributed by atoms with van der Waals surface area (Å²) in [6, 6.07) is 1.95. The standard InChI is InChI=1S/C17H25N5O2/c1-4-6-8-20-16-14(10-21-17(18)22-16)24-11-13-15(23-3)12(5-2)7-9-19-13/h7,9-10H,4-6,8,11H2,1-3H3,(H3,18,20,21,22). The average Bonchev–Trinajstić information content (AvgIpc) is 2.60. The van der Waals surface area contributed by atoms with E-state index in [0.717, 1.165) is 42.8 Å². The van der Waals surface area contributed by atoms with E-state index in [0.29, 0.717) is 11.6 Å². The van der Waals surface area contributed by atoms with Crippen LogP contribution in [-0.2, 0) is 13.0 Å². The minimum absolute atomic E-state index is 0.213. The zero-order valence-electron chi connectivity index (χ0n) is 14.5. The van der Waals surface area contributed by atoms with Crippen molar-refractivity contribution in [3.63, 3.8) is 0 Å². The molecule has 2 rings (SSSR count). The van der Waals surface area contributed by atoms with Crippen LogP contribution in [0.2, 0.25) is 0 Å². The van der Waals surface area contributed by atoms with E-state index in [1.54, 1.807) is 19.5 Å². The number of nitrogens with two attached hydrogens (primary N) is 1. The number of nitrogen functional groups attached to an aromatic ring is 1. The van der Waals surface area contributed by atoms with Crippen LogP contribution < -0.4 is 20.5 Å². The number of nitrogens with one attached hydrogen (secondary N) is 1. The number of anilines is 2. The van der Waals surface area contributed by atoms with Crippen LogP contribution in [0.3, 0.4) is 0 Å². The molecule has 3 N–H and O–H groups in total. The molecule has 2 heterocycles. The van der Waals surface area contributed by atoms with Crippen molar-refractivity contribution in [2.45, 2.75) is 39.7 Å². The second-order valence-corrected chi connectivity index (χ2v) is 5.31. The first-order chi connectivity index (χ1) is 11.7. The predicted octanol–water partition coefficient (Wildman–Crippen LogP) is 2.82. The molecule has 0 bridgehead atoms. The van der Waals surface area contributed by atoms with Gasteiger partial charge in [-0.25, -0.2) is 4.98 Å². The van der Waals surface area contributed by atoms with Crippen LogP contribution in [-0.4, -0.2) is 28.6 Å². The van der Waals surface area contributed by atoms with Crippen molar-refractivity contribution in [2.75, 3.05) is 24.7 Å². The van der Waals surface area contributed by atoms with Crippen LogP contribution in [0.15, 0.2) is 18.5 Å². The minimum atomic E-state index is 0.213. The summed E-state index contributed by atoms with van der Waals surface area (Å²) in [4.78, 5) is 12.6. The highest BCUT2D eigenvalue weighted by Gasteiger charge is 2.12. The Balaban J connectivity index is 2.14. The smallest absolute Gasteiger partial charge is 0.222 e. The number of nitrogens with zero attached hydrogens (tertiary/aromatic N) is 3. The number of ether oxygens (including phenoxy) is 2. The lowest BCUT2D eigenvalue weighted by molar-refractivity contribution is 0.289. The second-order valence-electron chi connectivity index (χ2n) is 5.31. The molecule has 0 unspecified atom stereocenters. The highest BCUT2D eigenvalue weighted by Crippen LogP contribution is 2.26. The second kappa shape index (κ2) is 8.90. The topological polar surface area (TPSA) is 95.2 Å². The van der Waals surface area contributed by atoms with Crippen molar-refractivity contribution < 1.29 is 9.47 Å². The third-order valence-corrected chi connectivity index (χ3v) is 3.61. The van der Waals surface area contributed by atoms with Crippen molar-refractivity contribution in [3.8, 4) is 11.5 Å². The van der Waals surface area contributed by atoms with Crippen LogP contribution in [0.5, 0.6) is 11.5 Å². The lowest BCUT2D eigenvalue weighted by Gasteiger charge is -2.14. The van der Waals surface area contributed by atoms with E-state index in [-0.39, 0.29) is 12.6 Å². The van der Waals surface area contributed by atoms with E-state index >= 15 is 0 Å². The average molecular weight is 331 g/mol. The third-order valence-electron chi connectivity index (χ3n) is 3.61. The molecule has 7 nitrogen and oxygen atoms in total. The monoisotopic (exact) mass is 331 g/mol. The van der Waals surface area contributed by atoms with E-state index in [9.17, 15) is 0 Å².